The minimum absolute atomic E-state index is 0.158. The molecule has 0 saturated carbocycles. The Bertz CT molecular complexity index is 1310. The van der Waals surface area contributed by atoms with Gasteiger partial charge in [0.05, 0.1) is 16.5 Å². The number of nitrogens with one attached hydrogen (secondary N) is 1. The molecular formula is C24H22Cl2N4O2S. The zero-order valence-corrected chi connectivity index (χ0v) is 20.5. The van der Waals surface area contributed by atoms with Crippen LogP contribution in [0.25, 0.3) is 10.8 Å². The molecule has 170 valence electrons. The van der Waals surface area contributed by atoms with Crippen molar-refractivity contribution in [1.82, 2.24) is 14.8 Å². The summed E-state index contributed by atoms with van der Waals surface area (Å²) in [5, 5.41) is 15.2. The number of anilines is 1. The van der Waals surface area contributed by atoms with E-state index in [2.05, 4.69) is 27.6 Å². The molecule has 9 heteroatoms. The number of hydrogen-bond donors (Lipinski definition) is 1. The van der Waals surface area contributed by atoms with E-state index in [4.69, 9.17) is 27.9 Å². The number of halogens is 2. The number of rotatable bonds is 8. The number of carbonyl (C=O) groups excluding carboxylic acids is 1. The Hall–Kier alpha value is -2.74. The highest BCUT2D eigenvalue weighted by molar-refractivity contribution is 7.99. The minimum Gasteiger partial charge on any atom is -0.485 e. The van der Waals surface area contributed by atoms with Gasteiger partial charge in [-0.2, -0.15) is 0 Å². The van der Waals surface area contributed by atoms with Gasteiger partial charge in [0, 0.05) is 11.6 Å². The Morgan fingerprint density at radius 3 is 2.76 bits per heavy atom. The molecule has 0 aliphatic carbocycles. The van der Waals surface area contributed by atoms with Crippen LogP contribution in [0.15, 0.2) is 59.8 Å². The lowest BCUT2D eigenvalue weighted by Crippen LogP contribution is -2.15. The highest BCUT2D eigenvalue weighted by Gasteiger charge is 2.15. The average molecular weight is 501 g/mol. The van der Waals surface area contributed by atoms with Crippen molar-refractivity contribution < 1.29 is 9.53 Å². The van der Waals surface area contributed by atoms with E-state index in [9.17, 15) is 4.79 Å². The van der Waals surface area contributed by atoms with E-state index in [1.807, 2.05) is 42.7 Å². The molecule has 3 aromatic carbocycles. The van der Waals surface area contributed by atoms with Gasteiger partial charge in [0.25, 0.3) is 0 Å². The van der Waals surface area contributed by atoms with Gasteiger partial charge in [-0.3, -0.25) is 4.79 Å². The summed E-state index contributed by atoms with van der Waals surface area (Å²) in [6, 6.07) is 17.2. The molecule has 1 amide bonds. The van der Waals surface area contributed by atoms with E-state index in [1.165, 1.54) is 17.1 Å². The van der Waals surface area contributed by atoms with Gasteiger partial charge in [-0.05, 0) is 54.4 Å². The van der Waals surface area contributed by atoms with Crippen molar-refractivity contribution >= 4 is 57.3 Å². The summed E-state index contributed by atoms with van der Waals surface area (Å²) in [5.74, 6) is 1.46. The number of thioether (sulfide) groups is 1. The largest absolute Gasteiger partial charge is 0.485 e. The Morgan fingerprint density at radius 1 is 1.12 bits per heavy atom. The van der Waals surface area contributed by atoms with Crippen LogP contribution in [-0.2, 0) is 17.9 Å². The van der Waals surface area contributed by atoms with Gasteiger partial charge >= 0.3 is 0 Å². The molecule has 0 spiro atoms. The van der Waals surface area contributed by atoms with Crippen LogP contribution in [0.2, 0.25) is 10.0 Å². The number of nitrogens with zero attached hydrogens (tertiary/aromatic N) is 3. The van der Waals surface area contributed by atoms with Gasteiger partial charge < -0.3 is 14.6 Å². The number of benzene rings is 3. The van der Waals surface area contributed by atoms with Crippen LogP contribution >= 0.6 is 35.0 Å². The summed E-state index contributed by atoms with van der Waals surface area (Å²) in [4.78, 5) is 12.4. The van der Waals surface area contributed by atoms with E-state index in [-0.39, 0.29) is 18.3 Å². The molecular weight excluding hydrogens is 479 g/mol. The average Bonchev–Trinajstić information content (AvgIpc) is 3.21. The number of aryl methyl sites for hydroxylation is 1. The quantitative estimate of drug-likeness (QED) is 0.284. The van der Waals surface area contributed by atoms with Gasteiger partial charge in [-0.15, -0.1) is 10.2 Å². The lowest BCUT2D eigenvalue weighted by molar-refractivity contribution is -0.113. The molecule has 1 N–H and O–H groups in total. The van der Waals surface area contributed by atoms with Crippen LogP contribution in [0.4, 0.5) is 5.69 Å². The van der Waals surface area contributed by atoms with E-state index in [0.717, 1.165) is 16.7 Å². The predicted octanol–water partition coefficient (Wildman–Crippen LogP) is 6.38. The van der Waals surface area contributed by atoms with Gasteiger partial charge in [0.2, 0.25) is 5.91 Å². The maximum Gasteiger partial charge on any atom is 0.234 e. The van der Waals surface area contributed by atoms with Crippen molar-refractivity contribution in [2.24, 2.45) is 0 Å². The molecule has 0 fully saturated rings. The van der Waals surface area contributed by atoms with Crippen LogP contribution in [0.1, 0.15) is 18.3 Å². The van der Waals surface area contributed by atoms with Gasteiger partial charge in [-0.1, -0.05) is 65.3 Å². The molecule has 0 atom stereocenters. The zero-order valence-electron chi connectivity index (χ0n) is 18.1. The number of carbonyl (C=O) groups is 1. The Morgan fingerprint density at radius 2 is 1.94 bits per heavy atom. The molecule has 4 aromatic rings. The van der Waals surface area contributed by atoms with Crippen molar-refractivity contribution in [1.29, 1.82) is 0 Å². The summed E-state index contributed by atoms with van der Waals surface area (Å²) in [5.41, 5.74) is 1.56. The van der Waals surface area contributed by atoms with E-state index >= 15 is 0 Å². The van der Waals surface area contributed by atoms with Crippen molar-refractivity contribution in [3.05, 3.63) is 76.0 Å². The molecule has 0 saturated heterocycles. The molecule has 0 bridgehead atoms. The zero-order chi connectivity index (χ0) is 23.4. The highest BCUT2D eigenvalue weighted by Crippen LogP contribution is 2.28. The van der Waals surface area contributed by atoms with Crippen molar-refractivity contribution in [3.8, 4) is 5.75 Å². The van der Waals surface area contributed by atoms with Crippen LogP contribution in [0.3, 0.4) is 0 Å². The molecule has 0 aliphatic rings. The van der Waals surface area contributed by atoms with Crippen molar-refractivity contribution in [2.75, 3.05) is 11.1 Å². The topological polar surface area (TPSA) is 69.0 Å². The number of hydrogen-bond acceptors (Lipinski definition) is 5. The lowest BCUT2D eigenvalue weighted by atomic mass is 10.0. The van der Waals surface area contributed by atoms with Crippen molar-refractivity contribution in [3.63, 3.8) is 0 Å². The monoisotopic (exact) mass is 500 g/mol. The number of amides is 1. The third kappa shape index (κ3) is 5.43. The first-order valence-corrected chi connectivity index (χ1v) is 12.1. The second-order valence-electron chi connectivity index (χ2n) is 7.30. The fourth-order valence-corrected chi connectivity index (χ4v) is 4.62. The molecule has 6 nitrogen and oxygen atoms in total. The second-order valence-corrected chi connectivity index (χ2v) is 9.09. The third-order valence-corrected chi connectivity index (χ3v) is 6.68. The minimum atomic E-state index is -0.209. The van der Waals surface area contributed by atoms with Crippen LogP contribution in [0, 0.1) is 6.92 Å². The third-order valence-electron chi connectivity index (χ3n) is 5.15. The molecule has 0 unspecified atom stereocenters. The standard InChI is InChI=1S/C24H22Cl2N4O2S/c1-3-30-22(13-32-21-11-8-16-6-4-5-7-18(16)15(21)2)28-29-24(30)33-14-23(31)27-20-12-17(25)9-10-19(20)26/h4-12H,3,13-14H2,1-2H3,(H,27,31). The number of ether oxygens (including phenoxy) is 1. The highest BCUT2D eigenvalue weighted by atomic mass is 35.5. The number of aromatic nitrogens is 3. The fraction of sp³-hybridized carbons (Fsp3) is 0.208. The molecule has 0 radical (unpaired) electrons. The summed E-state index contributed by atoms with van der Waals surface area (Å²) >= 11 is 13.4. The first-order chi connectivity index (χ1) is 16.0. The maximum atomic E-state index is 12.4. The Kier molecular flexibility index (Phi) is 7.42. The normalized spacial score (nSPS) is 11.0. The Labute approximate surface area is 206 Å². The van der Waals surface area contributed by atoms with E-state index in [1.54, 1.807) is 18.2 Å². The predicted molar refractivity (Wildman–Crippen MR) is 135 cm³/mol. The maximum absolute atomic E-state index is 12.4. The molecule has 33 heavy (non-hydrogen) atoms. The summed E-state index contributed by atoms with van der Waals surface area (Å²) < 4.78 is 8.02. The second kappa shape index (κ2) is 10.5. The fourth-order valence-electron chi connectivity index (χ4n) is 3.47. The van der Waals surface area contributed by atoms with Crippen LogP contribution in [-0.4, -0.2) is 26.4 Å². The first-order valence-electron chi connectivity index (χ1n) is 10.4. The van der Waals surface area contributed by atoms with Crippen molar-refractivity contribution in [2.45, 2.75) is 32.2 Å². The van der Waals surface area contributed by atoms with Gasteiger partial charge in [-0.25, -0.2) is 0 Å². The first kappa shape index (κ1) is 23.4. The molecule has 0 aliphatic heterocycles. The molecule has 1 heterocycles. The molecule has 4 rings (SSSR count). The Balaban J connectivity index is 1.40. The van der Waals surface area contributed by atoms with E-state index < -0.39 is 0 Å². The summed E-state index contributed by atoms with van der Waals surface area (Å²) in [6.45, 7) is 5.00. The smallest absolute Gasteiger partial charge is 0.234 e. The lowest BCUT2D eigenvalue weighted by Gasteiger charge is -2.12. The summed E-state index contributed by atoms with van der Waals surface area (Å²) in [7, 11) is 0. The SMILES string of the molecule is CCn1c(COc2ccc3ccccc3c2C)nnc1SCC(=O)Nc1cc(Cl)ccc1Cl. The summed E-state index contributed by atoms with van der Waals surface area (Å²) in [6.07, 6.45) is 0. The van der Waals surface area contributed by atoms with Gasteiger partial charge in [0.15, 0.2) is 11.0 Å². The van der Waals surface area contributed by atoms with Gasteiger partial charge in [0.1, 0.15) is 12.4 Å². The van der Waals surface area contributed by atoms with Crippen LogP contribution < -0.4 is 10.1 Å². The molecule has 1 aromatic heterocycles. The van der Waals surface area contributed by atoms with Crippen LogP contribution in [0.5, 0.6) is 5.75 Å². The van der Waals surface area contributed by atoms with E-state index in [0.29, 0.717) is 33.3 Å². The number of fused-ring (bicyclic) bond motifs is 1.